The second-order valence-electron chi connectivity index (χ2n) is 7.98. The Morgan fingerprint density at radius 2 is 1.64 bits per heavy atom. The number of hydrogen-bond donors (Lipinski definition) is 1. The fourth-order valence-electron chi connectivity index (χ4n) is 3.44. The van der Waals surface area contributed by atoms with Crippen LogP contribution in [0.2, 0.25) is 0 Å². The van der Waals surface area contributed by atoms with Gasteiger partial charge in [-0.05, 0) is 55.2 Å². The van der Waals surface area contributed by atoms with Crippen molar-refractivity contribution in [3.05, 3.63) is 95.1 Å². The van der Waals surface area contributed by atoms with E-state index in [1.165, 1.54) is 0 Å². The van der Waals surface area contributed by atoms with Gasteiger partial charge in [0.25, 0.3) is 0 Å². The number of carbonyl (C=O) groups is 2. The number of benzene rings is 3. The Hall–Kier alpha value is -3.60. The van der Waals surface area contributed by atoms with Crippen LogP contribution in [-0.2, 0) is 17.6 Å². The highest BCUT2D eigenvalue weighted by atomic mass is 16.5. The Bertz CT molecular complexity index is 1060. The van der Waals surface area contributed by atoms with Gasteiger partial charge >= 0.3 is 5.97 Å². The molecule has 1 atom stereocenters. The average molecular weight is 447 g/mol. The molecule has 172 valence electrons. The van der Waals surface area contributed by atoms with E-state index < -0.39 is 5.97 Å². The fourth-order valence-corrected chi connectivity index (χ4v) is 3.44. The first-order valence-corrected chi connectivity index (χ1v) is 11.3. The summed E-state index contributed by atoms with van der Waals surface area (Å²) in [7, 11) is 0. The molecule has 1 N–H and O–H groups in total. The van der Waals surface area contributed by atoms with Crippen LogP contribution in [0.25, 0.3) is 0 Å². The van der Waals surface area contributed by atoms with E-state index in [0.717, 1.165) is 23.3 Å². The van der Waals surface area contributed by atoms with Crippen LogP contribution in [0.3, 0.4) is 0 Å². The van der Waals surface area contributed by atoms with Crippen molar-refractivity contribution in [3.8, 4) is 11.5 Å². The minimum atomic E-state index is -0.803. The van der Waals surface area contributed by atoms with Crippen LogP contribution in [0.15, 0.2) is 72.8 Å². The van der Waals surface area contributed by atoms with E-state index in [-0.39, 0.29) is 18.3 Å². The third-order valence-corrected chi connectivity index (χ3v) is 5.40. The van der Waals surface area contributed by atoms with Gasteiger partial charge in [-0.3, -0.25) is 9.59 Å². The Morgan fingerprint density at radius 1 is 0.939 bits per heavy atom. The van der Waals surface area contributed by atoms with E-state index in [0.29, 0.717) is 36.3 Å². The Kier molecular flexibility index (Phi) is 8.64. The maximum Gasteiger partial charge on any atom is 0.303 e. The fraction of sp³-hybridized carbons (Fsp3) is 0.286. The first-order valence-electron chi connectivity index (χ1n) is 11.3. The molecule has 0 heterocycles. The molecular formula is C28H30O5. The van der Waals surface area contributed by atoms with Crippen molar-refractivity contribution in [1.82, 2.24) is 0 Å². The number of ether oxygens (including phenoxy) is 2. The molecule has 3 aromatic carbocycles. The molecule has 33 heavy (non-hydrogen) atoms. The predicted molar refractivity (Wildman–Crippen MR) is 128 cm³/mol. The third-order valence-electron chi connectivity index (χ3n) is 5.40. The van der Waals surface area contributed by atoms with Crippen LogP contribution in [0.4, 0.5) is 0 Å². The predicted octanol–water partition coefficient (Wildman–Crippen LogP) is 5.73. The number of hydrogen-bond acceptors (Lipinski definition) is 4. The van der Waals surface area contributed by atoms with Crippen LogP contribution in [0.1, 0.15) is 53.7 Å². The summed E-state index contributed by atoms with van der Waals surface area (Å²) in [5.41, 5.74) is 3.26. The van der Waals surface area contributed by atoms with Crippen LogP contribution in [0.5, 0.6) is 11.5 Å². The maximum atomic E-state index is 13.1. The third kappa shape index (κ3) is 7.21. The summed E-state index contributed by atoms with van der Waals surface area (Å²) >= 11 is 0. The number of carbonyl (C=O) groups excluding carboxylic acids is 1. The zero-order valence-corrected chi connectivity index (χ0v) is 19.1. The second kappa shape index (κ2) is 11.9. The number of ketones is 1. The summed E-state index contributed by atoms with van der Waals surface area (Å²) in [4.78, 5) is 23.8. The number of rotatable bonds is 12. The average Bonchev–Trinajstić information content (AvgIpc) is 2.84. The molecule has 0 radical (unpaired) electrons. The van der Waals surface area contributed by atoms with Crippen molar-refractivity contribution in [3.63, 3.8) is 0 Å². The van der Waals surface area contributed by atoms with Crippen molar-refractivity contribution >= 4 is 11.8 Å². The smallest absolute Gasteiger partial charge is 0.303 e. The summed E-state index contributed by atoms with van der Waals surface area (Å²) in [6.07, 6.45) is 1.96. The SMILES string of the molecule is CCc1ccc(O[C@H](C)CCOc2ccc(CCC(=O)O)cc2)c(C(=O)c2ccccc2)c1. The summed E-state index contributed by atoms with van der Waals surface area (Å²) < 4.78 is 12.0. The van der Waals surface area contributed by atoms with E-state index in [9.17, 15) is 9.59 Å². The molecule has 0 fully saturated rings. The van der Waals surface area contributed by atoms with E-state index >= 15 is 0 Å². The van der Waals surface area contributed by atoms with E-state index in [4.69, 9.17) is 14.6 Å². The first-order chi connectivity index (χ1) is 16.0. The lowest BCUT2D eigenvalue weighted by Crippen LogP contribution is -2.18. The monoisotopic (exact) mass is 446 g/mol. The summed E-state index contributed by atoms with van der Waals surface area (Å²) in [6, 6.07) is 22.5. The molecule has 5 heteroatoms. The summed E-state index contributed by atoms with van der Waals surface area (Å²) in [6.45, 7) is 4.48. The van der Waals surface area contributed by atoms with E-state index in [1.807, 2.05) is 79.7 Å². The molecule has 0 aliphatic rings. The molecule has 3 rings (SSSR count). The lowest BCUT2D eigenvalue weighted by Gasteiger charge is -2.18. The quantitative estimate of drug-likeness (QED) is 0.360. The number of aliphatic carboxylic acids is 1. The van der Waals surface area contributed by atoms with Gasteiger partial charge in [0.05, 0.1) is 18.3 Å². The Balaban J connectivity index is 1.58. The van der Waals surface area contributed by atoms with Crippen LogP contribution in [-0.4, -0.2) is 29.6 Å². The molecule has 0 aliphatic carbocycles. The van der Waals surface area contributed by atoms with Gasteiger partial charge in [0.2, 0.25) is 0 Å². The molecule has 3 aromatic rings. The molecule has 0 unspecified atom stereocenters. The normalized spacial score (nSPS) is 11.6. The Morgan fingerprint density at radius 3 is 2.30 bits per heavy atom. The van der Waals surface area contributed by atoms with Gasteiger partial charge in [-0.15, -0.1) is 0 Å². The van der Waals surface area contributed by atoms with Crippen molar-refractivity contribution in [2.24, 2.45) is 0 Å². The highest BCUT2D eigenvalue weighted by Gasteiger charge is 2.17. The molecule has 5 nitrogen and oxygen atoms in total. The number of carboxylic acids is 1. The van der Waals surface area contributed by atoms with Gasteiger partial charge in [-0.25, -0.2) is 0 Å². The van der Waals surface area contributed by atoms with E-state index in [2.05, 4.69) is 6.92 Å². The first kappa shape index (κ1) is 24.1. The largest absolute Gasteiger partial charge is 0.493 e. The highest BCUT2D eigenvalue weighted by Crippen LogP contribution is 2.25. The van der Waals surface area contributed by atoms with Gasteiger partial charge in [-0.2, -0.15) is 0 Å². The molecule has 0 bridgehead atoms. The van der Waals surface area contributed by atoms with Crippen molar-refractivity contribution in [1.29, 1.82) is 0 Å². The molecule has 0 spiro atoms. The molecule has 0 aliphatic heterocycles. The number of aryl methyl sites for hydroxylation is 2. The minimum absolute atomic E-state index is 0.0488. The maximum absolute atomic E-state index is 13.1. The van der Waals surface area contributed by atoms with Crippen molar-refractivity contribution in [2.75, 3.05) is 6.61 Å². The zero-order chi connectivity index (χ0) is 23.6. The standard InChI is InChI=1S/C28H30O5/c1-3-21-11-15-26(25(19-21)28(31)23-7-5-4-6-8-23)33-20(2)17-18-32-24-13-9-22(10-14-24)12-16-27(29)30/h4-11,13-15,19-20H,3,12,16-18H2,1-2H3,(H,29,30)/t20-/m1/s1. The highest BCUT2D eigenvalue weighted by molar-refractivity contribution is 6.10. The Labute approximate surface area is 195 Å². The van der Waals surface area contributed by atoms with Gasteiger partial charge in [0, 0.05) is 18.4 Å². The van der Waals surface area contributed by atoms with Crippen LogP contribution in [0, 0.1) is 0 Å². The topological polar surface area (TPSA) is 72.8 Å². The van der Waals surface area contributed by atoms with Gasteiger partial charge in [-0.1, -0.05) is 55.5 Å². The van der Waals surface area contributed by atoms with Crippen molar-refractivity contribution in [2.45, 2.75) is 45.6 Å². The molecule has 0 saturated heterocycles. The molecule has 0 amide bonds. The summed E-state index contributed by atoms with van der Waals surface area (Å²) in [5.74, 6) is 0.458. The van der Waals surface area contributed by atoms with Crippen LogP contribution >= 0.6 is 0 Å². The molecular weight excluding hydrogens is 416 g/mol. The van der Waals surface area contributed by atoms with Crippen molar-refractivity contribution < 1.29 is 24.2 Å². The lowest BCUT2D eigenvalue weighted by molar-refractivity contribution is -0.136. The van der Waals surface area contributed by atoms with Gasteiger partial charge in [0.1, 0.15) is 11.5 Å². The minimum Gasteiger partial charge on any atom is -0.493 e. The van der Waals surface area contributed by atoms with Crippen LogP contribution < -0.4 is 9.47 Å². The second-order valence-corrected chi connectivity index (χ2v) is 7.98. The molecule has 0 aromatic heterocycles. The molecule has 0 saturated carbocycles. The van der Waals surface area contributed by atoms with E-state index in [1.54, 1.807) is 0 Å². The van der Waals surface area contributed by atoms with Gasteiger partial charge < -0.3 is 14.6 Å². The zero-order valence-electron chi connectivity index (χ0n) is 19.1. The van der Waals surface area contributed by atoms with Gasteiger partial charge in [0.15, 0.2) is 5.78 Å². The lowest BCUT2D eigenvalue weighted by atomic mass is 9.99. The number of carboxylic acid groups (broad SMARTS) is 1. The summed E-state index contributed by atoms with van der Waals surface area (Å²) in [5, 5.41) is 8.78.